The molecule has 1 aromatic heterocycles. The second kappa shape index (κ2) is 9.22. The van der Waals surface area contributed by atoms with Crippen LogP contribution in [-0.2, 0) is 19.6 Å². The van der Waals surface area contributed by atoms with E-state index in [2.05, 4.69) is 46.4 Å². The van der Waals surface area contributed by atoms with E-state index in [9.17, 15) is 4.79 Å². The van der Waals surface area contributed by atoms with Crippen LogP contribution in [0.5, 0.6) is 11.5 Å². The van der Waals surface area contributed by atoms with Gasteiger partial charge in [-0.15, -0.1) is 0 Å². The van der Waals surface area contributed by atoms with Crippen LogP contribution in [0.1, 0.15) is 46.9 Å². The number of carbonyl (C=O) groups is 1. The van der Waals surface area contributed by atoms with Crippen LogP contribution in [0.4, 0.5) is 0 Å². The number of aryl methyl sites for hydroxylation is 1. The lowest BCUT2D eigenvalue weighted by molar-refractivity contribution is 0.0938. The normalized spacial score (nSPS) is 12.5. The number of nitrogens with one attached hydrogen (secondary N) is 1. The smallest absolute Gasteiger partial charge is 0.273 e. The van der Waals surface area contributed by atoms with Crippen molar-refractivity contribution in [1.29, 1.82) is 0 Å². The Labute approximate surface area is 182 Å². The molecule has 1 aliphatic heterocycles. The average molecular weight is 421 g/mol. The van der Waals surface area contributed by atoms with E-state index in [1.165, 1.54) is 17.4 Å². The molecule has 2 heterocycles. The van der Waals surface area contributed by atoms with Crippen molar-refractivity contribution in [3.63, 3.8) is 0 Å². The van der Waals surface area contributed by atoms with E-state index < -0.39 is 0 Å². The largest absolute Gasteiger partial charge is 0.454 e. The molecule has 1 N–H and O–H groups in total. The Kier molecular flexibility index (Phi) is 6.23. The monoisotopic (exact) mass is 421 g/mol. The van der Waals surface area contributed by atoms with Gasteiger partial charge in [-0.05, 0) is 44.0 Å². The number of hydrogen-bond acceptors (Lipinski definition) is 6. The predicted octanol–water partition coefficient (Wildman–Crippen LogP) is 4.05. The van der Waals surface area contributed by atoms with Gasteiger partial charge in [0.15, 0.2) is 17.2 Å². The highest BCUT2D eigenvalue weighted by Gasteiger charge is 2.18. The summed E-state index contributed by atoms with van der Waals surface area (Å²) in [6.07, 6.45) is 1.42. The number of hydrogen-bond donors (Lipinski definition) is 1. The number of fused-ring (bicyclic) bond motifs is 1. The lowest BCUT2D eigenvalue weighted by Crippen LogP contribution is -2.30. The molecule has 0 radical (unpaired) electrons. The molecule has 7 heteroatoms. The summed E-state index contributed by atoms with van der Waals surface area (Å²) >= 11 is 0. The highest BCUT2D eigenvalue weighted by molar-refractivity contribution is 5.92. The van der Waals surface area contributed by atoms with E-state index in [4.69, 9.17) is 13.9 Å². The molecule has 3 aromatic rings. The molecule has 0 unspecified atom stereocenters. The SMILES string of the molecule is Cc1cccc(CN(Cc2ccc3c(c2)OCO3)Cc2nc(C(=O)NC(C)C)co2)c1. The van der Waals surface area contributed by atoms with Gasteiger partial charge in [0.25, 0.3) is 5.91 Å². The van der Waals surface area contributed by atoms with Gasteiger partial charge in [0, 0.05) is 19.1 Å². The topological polar surface area (TPSA) is 76.8 Å². The third-order valence-electron chi connectivity index (χ3n) is 4.89. The van der Waals surface area contributed by atoms with Gasteiger partial charge in [-0.25, -0.2) is 4.98 Å². The average Bonchev–Trinajstić information content (AvgIpc) is 3.36. The molecule has 1 aliphatic rings. The van der Waals surface area contributed by atoms with Gasteiger partial charge < -0.3 is 19.2 Å². The summed E-state index contributed by atoms with van der Waals surface area (Å²) in [7, 11) is 0. The first kappa shape index (κ1) is 20.9. The first-order valence-corrected chi connectivity index (χ1v) is 10.4. The summed E-state index contributed by atoms with van der Waals surface area (Å²) in [6.45, 7) is 8.01. The van der Waals surface area contributed by atoms with Crippen molar-refractivity contribution < 1.29 is 18.7 Å². The number of carbonyl (C=O) groups excluding carboxylic acids is 1. The van der Waals surface area contributed by atoms with E-state index in [0.29, 0.717) is 31.2 Å². The summed E-state index contributed by atoms with van der Waals surface area (Å²) in [6, 6.07) is 14.4. The molecule has 7 nitrogen and oxygen atoms in total. The Morgan fingerprint density at radius 3 is 2.61 bits per heavy atom. The molecular weight excluding hydrogens is 394 g/mol. The molecule has 1 amide bonds. The fourth-order valence-electron chi connectivity index (χ4n) is 3.55. The summed E-state index contributed by atoms with van der Waals surface area (Å²) in [5.41, 5.74) is 3.80. The Balaban J connectivity index is 1.52. The van der Waals surface area contributed by atoms with Crippen molar-refractivity contribution >= 4 is 5.91 Å². The van der Waals surface area contributed by atoms with E-state index >= 15 is 0 Å². The lowest BCUT2D eigenvalue weighted by atomic mass is 10.1. The molecule has 0 spiro atoms. The number of nitrogens with zero attached hydrogens (tertiary/aromatic N) is 2. The van der Waals surface area contributed by atoms with Crippen LogP contribution in [0.15, 0.2) is 53.1 Å². The number of oxazole rings is 1. The van der Waals surface area contributed by atoms with E-state index in [1.807, 2.05) is 32.0 Å². The quantitative estimate of drug-likeness (QED) is 0.591. The van der Waals surface area contributed by atoms with Crippen molar-refractivity contribution in [2.75, 3.05) is 6.79 Å². The molecule has 0 fully saturated rings. The zero-order chi connectivity index (χ0) is 21.8. The zero-order valence-electron chi connectivity index (χ0n) is 18.1. The predicted molar refractivity (Wildman–Crippen MR) is 116 cm³/mol. The Hall–Kier alpha value is -3.32. The van der Waals surface area contributed by atoms with Gasteiger partial charge >= 0.3 is 0 Å². The van der Waals surface area contributed by atoms with Gasteiger partial charge in [0.1, 0.15) is 6.26 Å². The fraction of sp³-hybridized carbons (Fsp3) is 0.333. The molecule has 31 heavy (non-hydrogen) atoms. The number of aromatic nitrogens is 1. The highest BCUT2D eigenvalue weighted by Crippen LogP contribution is 2.33. The van der Waals surface area contributed by atoms with Crippen LogP contribution < -0.4 is 14.8 Å². The van der Waals surface area contributed by atoms with E-state index in [1.54, 1.807) is 0 Å². The van der Waals surface area contributed by atoms with Crippen molar-refractivity contribution in [2.24, 2.45) is 0 Å². The Morgan fingerprint density at radius 2 is 1.84 bits per heavy atom. The zero-order valence-corrected chi connectivity index (χ0v) is 18.1. The number of amides is 1. The maximum absolute atomic E-state index is 12.2. The molecule has 0 saturated carbocycles. The molecule has 2 aromatic carbocycles. The van der Waals surface area contributed by atoms with Gasteiger partial charge in [-0.1, -0.05) is 35.9 Å². The molecule has 0 aliphatic carbocycles. The summed E-state index contributed by atoms with van der Waals surface area (Å²) in [4.78, 5) is 18.8. The third kappa shape index (κ3) is 5.44. The van der Waals surface area contributed by atoms with Crippen LogP contribution >= 0.6 is 0 Å². The van der Waals surface area contributed by atoms with Crippen molar-refractivity contribution in [1.82, 2.24) is 15.2 Å². The van der Waals surface area contributed by atoms with Gasteiger partial charge in [0.05, 0.1) is 6.54 Å². The first-order chi connectivity index (χ1) is 15.0. The molecule has 0 atom stereocenters. The minimum absolute atomic E-state index is 0.0384. The number of rotatable bonds is 8. The van der Waals surface area contributed by atoms with E-state index in [-0.39, 0.29) is 18.7 Å². The van der Waals surface area contributed by atoms with Gasteiger partial charge in [0.2, 0.25) is 12.7 Å². The van der Waals surface area contributed by atoms with Crippen molar-refractivity contribution in [2.45, 2.75) is 46.4 Å². The van der Waals surface area contributed by atoms with E-state index in [0.717, 1.165) is 17.1 Å². The fourth-order valence-corrected chi connectivity index (χ4v) is 3.55. The molecular formula is C24H27N3O4. The standard InChI is InChI=1S/C24H27N3O4/c1-16(2)25-24(28)20-14-29-23(26-20)13-27(11-18-6-4-5-17(3)9-18)12-19-7-8-21-22(10-19)31-15-30-21/h4-10,14,16H,11-13,15H2,1-3H3,(H,25,28). The molecule has 0 saturated heterocycles. The maximum atomic E-state index is 12.2. The van der Waals surface area contributed by atoms with Crippen LogP contribution in [0.3, 0.4) is 0 Å². The van der Waals surface area contributed by atoms with Crippen molar-refractivity contribution in [3.05, 3.63) is 77.0 Å². The molecule has 162 valence electrons. The minimum Gasteiger partial charge on any atom is -0.454 e. The van der Waals surface area contributed by atoms with Gasteiger partial charge in [-0.3, -0.25) is 9.69 Å². The minimum atomic E-state index is -0.231. The van der Waals surface area contributed by atoms with Crippen molar-refractivity contribution in [3.8, 4) is 11.5 Å². The first-order valence-electron chi connectivity index (χ1n) is 10.4. The van der Waals surface area contributed by atoms with Crippen LogP contribution in [0.25, 0.3) is 0 Å². The summed E-state index contributed by atoms with van der Waals surface area (Å²) < 4.78 is 16.5. The van der Waals surface area contributed by atoms with Crippen LogP contribution in [0, 0.1) is 6.92 Å². The number of ether oxygens (including phenoxy) is 2. The highest BCUT2D eigenvalue weighted by atomic mass is 16.7. The summed E-state index contributed by atoms with van der Waals surface area (Å²) in [5, 5.41) is 2.83. The Bertz CT molecular complexity index is 1060. The lowest BCUT2D eigenvalue weighted by Gasteiger charge is -2.21. The molecule has 0 bridgehead atoms. The number of benzene rings is 2. The Morgan fingerprint density at radius 1 is 1.06 bits per heavy atom. The maximum Gasteiger partial charge on any atom is 0.273 e. The van der Waals surface area contributed by atoms with Crippen LogP contribution in [-0.4, -0.2) is 28.6 Å². The third-order valence-corrected chi connectivity index (χ3v) is 4.89. The second-order valence-corrected chi connectivity index (χ2v) is 8.08. The summed E-state index contributed by atoms with van der Waals surface area (Å²) in [5.74, 6) is 1.80. The van der Waals surface area contributed by atoms with Gasteiger partial charge in [-0.2, -0.15) is 0 Å². The molecule has 4 rings (SSSR count). The van der Waals surface area contributed by atoms with Crippen LogP contribution in [0.2, 0.25) is 0 Å². The second-order valence-electron chi connectivity index (χ2n) is 8.08.